The molecule has 0 aliphatic carbocycles. The SMILES string of the molecule is CCCc1ccc(N2C[C@@H](C(=O)NC[C@H]3CCCO3)CC2=O)cc1. The van der Waals surface area contributed by atoms with Crippen molar-refractivity contribution in [3.05, 3.63) is 29.8 Å². The van der Waals surface area contributed by atoms with Crippen LogP contribution in [0.3, 0.4) is 0 Å². The summed E-state index contributed by atoms with van der Waals surface area (Å²) >= 11 is 0. The zero-order valence-electron chi connectivity index (χ0n) is 14.3. The van der Waals surface area contributed by atoms with Gasteiger partial charge in [-0.05, 0) is 37.0 Å². The second-order valence-electron chi connectivity index (χ2n) is 6.70. The smallest absolute Gasteiger partial charge is 0.227 e. The Bertz CT molecular complexity index is 579. The fourth-order valence-corrected chi connectivity index (χ4v) is 3.43. The summed E-state index contributed by atoms with van der Waals surface area (Å²) in [6.07, 6.45) is 4.63. The van der Waals surface area contributed by atoms with Crippen LogP contribution < -0.4 is 10.2 Å². The van der Waals surface area contributed by atoms with E-state index < -0.39 is 0 Å². The topological polar surface area (TPSA) is 58.6 Å². The first kappa shape index (κ1) is 17.0. The molecule has 1 N–H and O–H groups in total. The van der Waals surface area contributed by atoms with Gasteiger partial charge in [0.25, 0.3) is 0 Å². The number of anilines is 1. The summed E-state index contributed by atoms with van der Waals surface area (Å²) in [5.74, 6) is -0.284. The summed E-state index contributed by atoms with van der Waals surface area (Å²) in [5, 5.41) is 2.94. The van der Waals surface area contributed by atoms with E-state index in [2.05, 4.69) is 24.4 Å². The molecule has 2 heterocycles. The maximum Gasteiger partial charge on any atom is 0.227 e. The minimum atomic E-state index is -0.269. The number of nitrogens with one attached hydrogen (secondary N) is 1. The van der Waals surface area contributed by atoms with Crippen molar-refractivity contribution in [2.75, 3.05) is 24.6 Å². The van der Waals surface area contributed by atoms with Crippen LogP contribution in [0.1, 0.15) is 38.2 Å². The van der Waals surface area contributed by atoms with Crippen LogP contribution in [-0.4, -0.2) is 37.6 Å². The highest BCUT2D eigenvalue weighted by Crippen LogP contribution is 2.26. The van der Waals surface area contributed by atoms with E-state index in [-0.39, 0.29) is 30.3 Å². The van der Waals surface area contributed by atoms with Gasteiger partial charge in [0.1, 0.15) is 0 Å². The van der Waals surface area contributed by atoms with Crippen molar-refractivity contribution in [2.24, 2.45) is 5.92 Å². The maximum absolute atomic E-state index is 12.3. The number of ether oxygens (including phenoxy) is 1. The molecule has 5 nitrogen and oxygen atoms in total. The zero-order chi connectivity index (χ0) is 16.9. The molecule has 3 rings (SSSR count). The lowest BCUT2D eigenvalue weighted by atomic mass is 10.1. The number of aryl methyl sites for hydroxylation is 1. The third-order valence-corrected chi connectivity index (χ3v) is 4.81. The molecule has 0 bridgehead atoms. The van der Waals surface area contributed by atoms with Gasteiger partial charge in [0.15, 0.2) is 0 Å². The van der Waals surface area contributed by atoms with E-state index in [0.29, 0.717) is 13.1 Å². The predicted octanol–water partition coefficient (Wildman–Crippen LogP) is 2.29. The molecule has 0 unspecified atom stereocenters. The lowest BCUT2D eigenvalue weighted by Gasteiger charge is -2.17. The number of carbonyl (C=O) groups excluding carboxylic acids is 2. The van der Waals surface area contributed by atoms with Gasteiger partial charge in [-0.15, -0.1) is 0 Å². The fourth-order valence-electron chi connectivity index (χ4n) is 3.43. The molecular formula is C19H26N2O3. The van der Waals surface area contributed by atoms with Crippen LogP contribution in [0.15, 0.2) is 24.3 Å². The average molecular weight is 330 g/mol. The number of carbonyl (C=O) groups is 2. The van der Waals surface area contributed by atoms with Gasteiger partial charge in [-0.1, -0.05) is 25.5 Å². The molecule has 2 aliphatic rings. The van der Waals surface area contributed by atoms with Crippen LogP contribution in [0, 0.1) is 5.92 Å². The molecule has 0 aromatic heterocycles. The molecule has 1 aromatic carbocycles. The van der Waals surface area contributed by atoms with Gasteiger partial charge in [-0.25, -0.2) is 0 Å². The Morgan fingerprint density at radius 3 is 2.79 bits per heavy atom. The molecule has 2 atom stereocenters. The summed E-state index contributed by atoms with van der Waals surface area (Å²) in [4.78, 5) is 26.3. The number of nitrogens with zero attached hydrogens (tertiary/aromatic N) is 1. The van der Waals surface area contributed by atoms with E-state index in [1.165, 1.54) is 5.56 Å². The van der Waals surface area contributed by atoms with E-state index in [1.54, 1.807) is 4.90 Å². The van der Waals surface area contributed by atoms with Gasteiger partial charge in [-0.2, -0.15) is 0 Å². The molecule has 0 spiro atoms. The van der Waals surface area contributed by atoms with Crippen molar-refractivity contribution in [2.45, 2.75) is 45.1 Å². The number of benzene rings is 1. The Hall–Kier alpha value is -1.88. The van der Waals surface area contributed by atoms with Gasteiger partial charge in [0.05, 0.1) is 12.0 Å². The molecule has 0 saturated carbocycles. The molecule has 5 heteroatoms. The van der Waals surface area contributed by atoms with Crippen molar-refractivity contribution < 1.29 is 14.3 Å². The van der Waals surface area contributed by atoms with E-state index >= 15 is 0 Å². The third kappa shape index (κ3) is 3.96. The summed E-state index contributed by atoms with van der Waals surface area (Å²) in [5.41, 5.74) is 2.16. The fraction of sp³-hybridized carbons (Fsp3) is 0.579. The Kier molecular flexibility index (Phi) is 5.51. The van der Waals surface area contributed by atoms with Crippen molar-refractivity contribution in [1.82, 2.24) is 5.32 Å². The lowest BCUT2D eigenvalue weighted by Crippen LogP contribution is -2.37. The van der Waals surface area contributed by atoms with Gasteiger partial charge < -0.3 is 15.0 Å². The largest absolute Gasteiger partial charge is 0.376 e. The lowest BCUT2D eigenvalue weighted by molar-refractivity contribution is -0.126. The second-order valence-corrected chi connectivity index (χ2v) is 6.70. The normalized spacial score (nSPS) is 23.7. The molecule has 2 aliphatic heterocycles. The molecule has 2 fully saturated rings. The first-order chi connectivity index (χ1) is 11.7. The molecule has 1 aromatic rings. The molecule has 2 saturated heterocycles. The van der Waals surface area contributed by atoms with Crippen LogP contribution in [0.2, 0.25) is 0 Å². The van der Waals surface area contributed by atoms with Gasteiger partial charge >= 0.3 is 0 Å². The Labute approximate surface area is 143 Å². The highest BCUT2D eigenvalue weighted by molar-refractivity contribution is 6.00. The summed E-state index contributed by atoms with van der Waals surface area (Å²) < 4.78 is 5.52. The Balaban J connectivity index is 1.55. The molecule has 2 amide bonds. The summed E-state index contributed by atoms with van der Waals surface area (Å²) in [7, 11) is 0. The standard InChI is InChI=1S/C19H26N2O3/c1-2-4-14-6-8-16(9-7-14)21-13-15(11-18(21)22)19(23)20-12-17-5-3-10-24-17/h6-9,15,17H,2-5,10-13H2,1H3,(H,20,23)/t15-,17+/m0/s1. The predicted molar refractivity (Wildman–Crippen MR) is 92.9 cm³/mol. The van der Waals surface area contributed by atoms with E-state index in [4.69, 9.17) is 4.74 Å². The number of hydrogen-bond acceptors (Lipinski definition) is 3. The van der Waals surface area contributed by atoms with Crippen molar-refractivity contribution in [1.29, 1.82) is 0 Å². The maximum atomic E-state index is 12.3. The molecule has 130 valence electrons. The van der Waals surface area contributed by atoms with Crippen LogP contribution in [-0.2, 0) is 20.7 Å². The molecule has 24 heavy (non-hydrogen) atoms. The quantitative estimate of drug-likeness (QED) is 0.870. The van der Waals surface area contributed by atoms with Crippen molar-refractivity contribution in [3.63, 3.8) is 0 Å². The minimum absolute atomic E-state index is 0.0236. The monoisotopic (exact) mass is 330 g/mol. The van der Waals surface area contributed by atoms with Gasteiger partial charge in [0, 0.05) is 31.8 Å². The number of hydrogen-bond donors (Lipinski definition) is 1. The van der Waals surface area contributed by atoms with Crippen LogP contribution in [0.25, 0.3) is 0 Å². The molecule has 0 radical (unpaired) electrons. The van der Waals surface area contributed by atoms with Gasteiger partial charge in [0.2, 0.25) is 11.8 Å². The van der Waals surface area contributed by atoms with Crippen molar-refractivity contribution in [3.8, 4) is 0 Å². The number of rotatable bonds is 6. The molecular weight excluding hydrogens is 304 g/mol. The third-order valence-electron chi connectivity index (χ3n) is 4.81. The highest BCUT2D eigenvalue weighted by Gasteiger charge is 2.35. The average Bonchev–Trinajstić information content (AvgIpc) is 3.23. The number of amides is 2. The van der Waals surface area contributed by atoms with E-state index in [9.17, 15) is 9.59 Å². The van der Waals surface area contributed by atoms with Crippen molar-refractivity contribution >= 4 is 17.5 Å². The Morgan fingerprint density at radius 1 is 1.33 bits per heavy atom. The minimum Gasteiger partial charge on any atom is -0.376 e. The highest BCUT2D eigenvalue weighted by atomic mass is 16.5. The summed E-state index contributed by atoms with van der Waals surface area (Å²) in [6, 6.07) is 8.10. The first-order valence-electron chi connectivity index (χ1n) is 8.96. The van der Waals surface area contributed by atoms with E-state index in [1.807, 2.05) is 12.1 Å². The van der Waals surface area contributed by atoms with Crippen LogP contribution in [0.5, 0.6) is 0 Å². The Morgan fingerprint density at radius 2 is 2.12 bits per heavy atom. The first-order valence-corrected chi connectivity index (χ1v) is 8.96. The second kappa shape index (κ2) is 7.79. The zero-order valence-corrected chi connectivity index (χ0v) is 14.3. The van der Waals surface area contributed by atoms with E-state index in [0.717, 1.165) is 38.0 Å². The van der Waals surface area contributed by atoms with Gasteiger partial charge in [-0.3, -0.25) is 9.59 Å². The summed E-state index contributed by atoms with van der Waals surface area (Å²) in [6.45, 7) is 3.94. The van der Waals surface area contributed by atoms with Crippen LogP contribution >= 0.6 is 0 Å². The van der Waals surface area contributed by atoms with Crippen LogP contribution in [0.4, 0.5) is 5.69 Å².